The van der Waals surface area contributed by atoms with Gasteiger partial charge in [-0.25, -0.2) is 0 Å². The maximum atomic E-state index is 12.1. The minimum atomic E-state index is -4.67. The highest BCUT2D eigenvalue weighted by Gasteiger charge is 2.37. The van der Waals surface area contributed by atoms with Crippen molar-refractivity contribution in [2.45, 2.75) is 31.3 Å². The Bertz CT molecular complexity index is 461. The minimum absolute atomic E-state index is 0.0230. The van der Waals surface area contributed by atoms with Gasteiger partial charge >= 0.3 is 6.36 Å². The first-order chi connectivity index (χ1) is 8.53. The molecule has 98 valence electrons. The Morgan fingerprint density at radius 3 is 2.94 bits per heavy atom. The van der Waals surface area contributed by atoms with Crippen LogP contribution in [0.2, 0.25) is 0 Å². The number of ether oxygens (including phenoxy) is 2. The van der Waals surface area contributed by atoms with Gasteiger partial charge in [-0.05, 0) is 31.5 Å². The Balaban J connectivity index is 1.85. The molecule has 2 atom stereocenters. The lowest BCUT2D eigenvalue weighted by atomic mass is 9.97. The van der Waals surface area contributed by atoms with Gasteiger partial charge in [-0.1, -0.05) is 0 Å². The van der Waals surface area contributed by atoms with E-state index in [-0.39, 0.29) is 17.9 Å². The summed E-state index contributed by atoms with van der Waals surface area (Å²) in [6, 6.07) is 4.37. The van der Waals surface area contributed by atoms with E-state index in [9.17, 15) is 13.2 Å². The smallest absolute Gasteiger partial charge is 0.488 e. The van der Waals surface area contributed by atoms with Crippen molar-refractivity contribution in [1.29, 1.82) is 0 Å². The van der Waals surface area contributed by atoms with Crippen molar-refractivity contribution in [3.63, 3.8) is 0 Å². The third-order valence-corrected chi connectivity index (χ3v) is 3.23. The molecule has 0 spiro atoms. The van der Waals surface area contributed by atoms with Crippen molar-refractivity contribution in [3.05, 3.63) is 23.8 Å². The Morgan fingerprint density at radius 2 is 2.17 bits per heavy atom. The number of hydrogen-bond donors (Lipinski definition) is 1. The van der Waals surface area contributed by atoms with E-state index in [1.807, 2.05) is 0 Å². The van der Waals surface area contributed by atoms with Crippen molar-refractivity contribution in [2.24, 2.45) is 0 Å². The molecule has 1 saturated heterocycles. The van der Waals surface area contributed by atoms with E-state index < -0.39 is 6.36 Å². The van der Waals surface area contributed by atoms with Crippen LogP contribution in [0.4, 0.5) is 13.2 Å². The molecule has 18 heavy (non-hydrogen) atoms. The second kappa shape index (κ2) is 4.05. The van der Waals surface area contributed by atoms with Crippen LogP contribution in [0.1, 0.15) is 24.4 Å². The maximum Gasteiger partial charge on any atom is 0.573 e. The summed E-state index contributed by atoms with van der Waals surface area (Å²) in [4.78, 5) is 0. The van der Waals surface area contributed by atoms with Gasteiger partial charge in [0.1, 0.15) is 17.6 Å². The lowest BCUT2D eigenvalue weighted by Crippen LogP contribution is -2.36. The first-order valence-corrected chi connectivity index (χ1v) is 5.83. The molecule has 2 aliphatic rings. The third kappa shape index (κ3) is 2.12. The van der Waals surface area contributed by atoms with Crippen LogP contribution < -0.4 is 14.8 Å². The van der Waals surface area contributed by atoms with E-state index in [2.05, 4.69) is 10.1 Å². The summed E-state index contributed by atoms with van der Waals surface area (Å²) in [6.07, 6.45) is -2.71. The van der Waals surface area contributed by atoms with E-state index in [0.29, 0.717) is 5.75 Å². The Morgan fingerprint density at radius 1 is 1.33 bits per heavy atom. The van der Waals surface area contributed by atoms with Gasteiger partial charge in [0.15, 0.2) is 0 Å². The van der Waals surface area contributed by atoms with Crippen LogP contribution in [-0.2, 0) is 0 Å². The Kier molecular flexibility index (Phi) is 2.62. The molecule has 3 rings (SSSR count). The molecule has 0 bridgehead atoms. The summed E-state index contributed by atoms with van der Waals surface area (Å²) < 4.78 is 45.9. The molecule has 0 amide bonds. The highest BCUT2D eigenvalue weighted by atomic mass is 19.4. The monoisotopic (exact) mass is 259 g/mol. The molecule has 0 radical (unpaired) electrons. The summed E-state index contributed by atoms with van der Waals surface area (Å²) in [5.41, 5.74) is 0.911. The van der Waals surface area contributed by atoms with Gasteiger partial charge in [0.2, 0.25) is 0 Å². The van der Waals surface area contributed by atoms with Gasteiger partial charge < -0.3 is 14.8 Å². The van der Waals surface area contributed by atoms with Crippen LogP contribution in [0.25, 0.3) is 0 Å². The molecule has 1 fully saturated rings. The van der Waals surface area contributed by atoms with Crippen molar-refractivity contribution < 1.29 is 22.6 Å². The average molecular weight is 259 g/mol. The number of piperidine rings is 1. The van der Waals surface area contributed by atoms with Crippen LogP contribution in [-0.4, -0.2) is 19.0 Å². The van der Waals surface area contributed by atoms with Gasteiger partial charge in [0, 0.05) is 11.6 Å². The average Bonchev–Trinajstić information content (AvgIpc) is 2.64. The molecule has 2 aliphatic heterocycles. The van der Waals surface area contributed by atoms with Gasteiger partial charge in [-0.2, -0.15) is 0 Å². The normalized spacial score (nSPS) is 26.2. The van der Waals surface area contributed by atoms with Crippen molar-refractivity contribution in [1.82, 2.24) is 5.32 Å². The van der Waals surface area contributed by atoms with E-state index in [1.165, 1.54) is 12.1 Å². The van der Waals surface area contributed by atoms with Crippen molar-refractivity contribution >= 4 is 0 Å². The lowest BCUT2D eigenvalue weighted by Gasteiger charge is -2.25. The Labute approximate surface area is 102 Å². The summed E-state index contributed by atoms with van der Waals surface area (Å²) >= 11 is 0. The molecule has 0 saturated carbocycles. The molecule has 3 nitrogen and oxygen atoms in total. The second-order valence-electron chi connectivity index (χ2n) is 4.48. The van der Waals surface area contributed by atoms with E-state index in [1.54, 1.807) is 6.07 Å². The van der Waals surface area contributed by atoms with Crippen molar-refractivity contribution in [2.75, 3.05) is 6.54 Å². The first-order valence-electron chi connectivity index (χ1n) is 5.83. The fourth-order valence-corrected chi connectivity index (χ4v) is 2.53. The number of fused-ring (bicyclic) bond motifs is 3. The summed E-state index contributed by atoms with van der Waals surface area (Å²) in [5, 5.41) is 3.32. The van der Waals surface area contributed by atoms with E-state index in [4.69, 9.17) is 4.74 Å². The van der Waals surface area contributed by atoms with Gasteiger partial charge in [0.25, 0.3) is 0 Å². The topological polar surface area (TPSA) is 30.5 Å². The molecule has 6 heteroatoms. The lowest BCUT2D eigenvalue weighted by molar-refractivity contribution is -0.274. The summed E-state index contributed by atoms with van der Waals surface area (Å²) in [5.74, 6) is 0.251. The number of alkyl halides is 3. The molecule has 0 aromatic heterocycles. The zero-order valence-corrected chi connectivity index (χ0v) is 9.46. The van der Waals surface area contributed by atoms with Crippen LogP contribution in [0.5, 0.6) is 11.5 Å². The molecule has 2 heterocycles. The van der Waals surface area contributed by atoms with Crippen LogP contribution in [0, 0.1) is 0 Å². The van der Waals surface area contributed by atoms with Crippen LogP contribution >= 0.6 is 0 Å². The van der Waals surface area contributed by atoms with Crippen molar-refractivity contribution in [3.8, 4) is 11.5 Å². The number of halogens is 3. The maximum absolute atomic E-state index is 12.1. The highest BCUT2D eigenvalue weighted by molar-refractivity contribution is 5.46. The predicted molar refractivity (Wildman–Crippen MR) is 57.5 cm³/mol. The van der Waals surface area contributed by atoms with Gasteiger partial charge in [-0.3, -0.25) is 0 Å². The number of benzene rings is 1. The zero-order valence-electron chi connectivity index (χ0n) is 9.46. The first kappa shape index (κ1) is 11.6. The molecule has 1 aromatic rings. The quantitative estimate of drug-likeness (QED) is 0.841. The van der Waals surface area contributed by atoms with E-state index in [0.717, 1.165) is 24.9 Å². The van der Waals surface area contributed by atoms with Gasteiger partial charge in [0.05, 0.1) is 6.04 Å². The standard InChI is InChI=1S/C12H12F3NO2/c13-12(14,15)18-7-3-4-8-10(6-7)17-9-2-1-5-16-11(8)9/h3-4,6,9,11,16H,1-2,5H2/t9-,11-/m0/s1. The molecule has 1 aromatic carbocycles. The van der Waals surface area contributed by atoms with Crippen LogP contribution in [0.3, 0.4) is 0 Å². The fraction of sp³-hybridized carbons (Fsp3) is 0.500. The number of rotatable bonds is 1. The molecular formula is C12H12F3NO2. The number of hydrogen-bond acceptors (Lipinski definition) is 3. The van der Waals surface area contributed by atoms with Crippen LogP contribution in [0.15, 0.2) is 18.2 Å². The SMILES string of the molecule is FC(F)(F)Oc1ccc2c(c1)O[C@H]1CCCN[C@@H]21. The fourth-order valence-electron chi connectivity index (χ4n) is 2.53. The molecular weight excluding hydrogens is 247 g/mol. The minimum Gasteiger partial charge on any atom is -0.488 e. The predicted octanol–water partition coefficient (Wildman–Crippen LogP) is 2.77. The molecule has 0 unspecified atom stereocenters. The summed E-state index contributed by atoms with van der Waals surface area (Å²) in [7, 11) is 0. The molecule has 1 N–H and O–H groups in total. The molecule has 0 aliphatic carbocycles. The van der Waals surface area contributed by atoms with E-state index >= 15 is 0 Å². The zero-order chi connectivity index (χ0) is 12.8. The largest absolute Gasteiger partial charge is 0.573 e. The Hall–Kier alpha value is -1.43. The van der Waals surface area contributed by atoms with Gasteiger partial charge in [-0.15, -0.1) is 13.2 Å². The third-order valence-electron chi connectivity index (χ3n) is 3.23. The highest BCUT2D eigenvalue weighted by Crippen LogP contribution is 2.42. The second-order valence-corrected chi connectivity index (χ2v) is 4.48. The summed E-state index contributed by atoms with van der Waals surface area (Å²) in [6.45, 7) is 0.908. The number of nitrogens with one attached hydrogen (secondary N) is 1.